The van der Waals surface area contributed by atoms with Crippen molar-refractivity contribution in [3.05, 3.63) is 29.8 Å². The molecule has 3 rings (SSSR count). The second-order valence-electron chi connectivity index (χ2n) is 7.09. The number of para-hydroxylation sites is 1. The number of carbonyl (C=O) groups excluding carboxylic acids is 1. The van der Waals surface area contributed by atoms with Crippen molar-refractivity contribution in [1.29, 1.82) is 0 Å². The average Bonchev–Trinajstić information content (AvgIpc) is 2.70. The van der Waals surface area contributed by atoms with Crippen LogP contribution in [0.1, 0.15) is 37.3 Å². The van der Waals surface area contributed by atoms with E-state index in [9.17, 15) is 4.79 Å². The fourth-order valence-corrected chi connectivity index (χ4v) is 3.86. The van der Waals surface area contributed by atoms with Gasteiger partial charge in [-0.2, -0.15) is 0 Å². The van der Waals surface area contributed by atoms with Crippen LogP contribution in [0.25, 0.3) is 0 Å². The Bertz CT molecular complexity index is 569. The molecule has 2 atom stereocenters. The summed E-state index contributed by atoms with van der Waals surface area (Å²) in [4.78, 5) is 14.9. The summed E-state index contributed by atoms with van der Waals surface area (Å²) in [6.07, 6.45) is 4.17. The van der Waals surface area contributed by atoms with Gasteiger partial charge in [0.2, 0.25) is 5.91 Å². The van der Waals surface area contributed by atoms with Crippen LogP contribution in [0.3, 0.4) is 0 Å². The Labute approximate surface area is 156 Å². The number of hydrogen-bond acceptors (Lipinski definition) is 5. The first-order valence-corrected chi connectivity index (χ1v) is 9.72. The van der Waals surface area contributed by atoms with Gasteiger partial charge in [-0.05, 0) is 32.0 Å². The lowest BCUT2D eigenvalue weighted by Gasteiger charge is -2.35. The average molecular weight is 361 g/mol. The number of hydrogen-bond donors (Lipinski definition) is 2. The molecule has 1 aromatic rings. The number of carbonyl (C=O) groups is 1. The monoisotopic (exact) mass is 361 g/mol. The molecule has 0 saturated carbocycles. The molecule has 0 spiro atoms. The Hall–Kier alpha value is -1.63. The minimum Gasteiger partial charge on any atom is -0.496 e. The van der Waals surface area contributed by atoms with Crippen LogP contribution in [-0.2, 0) is 9.53 Å². The van der Waals surface area contributed by atoms with E-state index in [1.165, 1.54) is 19.3 Å². The Morgan fingerprint density at radius 2 is 2.15 bits per heavy atom. The van der Waals surface area contributed by atoms with Crippen LogP contribution in [0.4, 0.5) is 0 Å². The number of rotatable bonds is 7. The molecular weight excluding hydrogens is 330 g/mol. The lowest BCUT2D eigenvalue weighted by atomic mass is 10.0. The van der Waals surface area contributed by atoms with Gasteiger partial charge in [0.15, 0.2) is 0 Å². The molecule has 1 amide bonds. The number of nitrogens with zero attached hydrogens (tertiary/aromatic N) is 1. The quantitative estimate of drug-likeness (QED) is 0.774. The molecule has 0 aromatic heterocycles. The topological polar surface area (TPSA) is 62.8 Å². The summed E-state index contributed by atoms with van der Waals surface area (Å²) in [5, 5.41) is 6.48. The highest BCUT2D eigenvalue weighted by atomic mass is 16.5. The van der Waals surface area contributed by atoms with Gasteiger partial charge in [-0.25, -0.2) is 0 Å². The van der Waals surface area contributed by atoms with Crippen LogP contribution in [-0.4, -0.2) is 63.4 Å². The van der Waals surface area contributed by atoms with Crippen molar-refractivity contribution in [2.75, 3.05) is 46.5 Å². The molecule has 2 fully saturated rings. The maximum Gasteiger partial charge on any atom is 0.221 e. The lowest BCUT2D eigenvalue weighted by molar-refractivity contribution is -0.122. The number of benzene rings is 1. The van der Waals surface area contributed by atoms with E-state index in [-0.39, 0.29) is 18.0 Å². The molecule has 6 heteroatoms. The highest BCUT2D eigenvalue weighted by molar-refractivity contribution is 5.76. The van der Waals surface area contributed by atoms with E-state index in [2.05, 4.69) is 21.6 Å². The van der Waals surface area contributed by atoms with Crippen LogP contribution >= 0.6 is 0 Å². The van der Waals surface area contributed by atoms with Crippen LogP contribution in [0, 0.1) is 0 Å². The summed E-state index contributed by atoms with van der Waals surface area (Å²) in [6, 6.07) is 8.40. The second kappa shape index (κ2) is 9.90. The molecular formula is C20H31N3O3. The van der Waals surface area contributed by atoms with Crippen molar-refractivity contribution in [3.63, 3.8) is 0 Å². The van der Waals surface area contributed by atoms with Gasteiger partial charge in [0.25, 0.3) is 0 Å². The van der Waals surface area contributed by atoms with Crippen LogP contribution in [0.2, 0.25) is 0 Å². The van der Waals surface area contributed by atoms with Crippen LogP contribution in [0.15, 0.2) is 24.3 Å². The maximum absolute atomic E-state index is 12.4. The zero-order valence-corrected chi connectivity index (χ0v) is 15.7. The number of piperidine rings is 1. The summed E-state index contributed by atoms with van der Waals surface area (Å²) in [6.45, 7) is 4.88. The van der Waals surface area contributed by atoms with Gasteiger partial charge in [0.1, 0.15) is 5.75 Å². The van der Waals surface area contributed by atoms with E-state index in [0.29, 0.717) is 19.6 Å². The third-order valence-electron chi connectivity index (χ3n) is 5.25. The van der Waals surface area contributed by atoms with E-state index in [1.807, 2.05) is 18.2 Å². The first-order valence-electron chi connectivity index (χ1n) is 9.72. The molecule has 2 heterocycles. The molecule has 2 aliphatic heterocycles. The van der Waals surface area contributed by atoms with Gasteiger partial charge in [-0.1, -0.05) is 24.6 Å². The Morgan fingerprint density at radius 1 is 1.35 bits per heavy atom. The minimum absolute atomic E-state index is 0.0740. The van der Waals surface area contributed by atoms with Crippen molar-refractivity contribution in [2.45, 2.75) is 37.8 Å². The van der Waals surface area contributed by atoms with Crippen molar-refractivity contribution in [1.82, 2.24) is 15.5 Å². The zero-order chi connectivity index (χ0) is 18.2. The number of morpholine rings is 1. The lowest BCUT2D eigenvalue weighted by Crippen LogP contribution is -2.46. The van der Waals surface area contributed by atoms with Gasteiger partial charge in [0, 0.05) is 31.1 Å². The molecule has 0 bridgehead atoms. The summed E-state index contributed by atoms with van der Waals surface area (Å²) in [5.74, 6) is 0.963. The molecule has 6 nitrogen and oxygen atoms in total. The SMILES string of the molecule is COc1ccccc1C(CNC(=O)CC1COCCN1)N1CCCCC1. The molecule has 2 saturated heterocycles. The molecule has 144 valence electrons. The largest absolute Gasteiger partial charge is 0.496 e. The summed E-state index contributed by atoms with van der Waals surface area (Å²) in [7, 11) is 1.71. The third-order valence-corrected chi connectivity index (χ3v) is 5.25. The van der Waals surface area contributed by atoms with E-state index >= 15 is 0 Å². The number of ether oxygens (including phenoxy) is 2. The fourth-order valence-electron chi connectivity index (χ4n) is 3.86. The highest BCUT2D eigenvalue weighted by Gasteiger charge is 2.26. The number of amides is 1. The van der Waals surface area contributed by atoms with Gasteiger partial charge in [-0.15, -0.1) is 0 Å². The second-order valence-corrected chi connectivity index (χ2v) is 7.09. The first kappa shape index (κ1) is 19.1. The summed E-state index contributed by atoms with van der Waals surface area (Å²) in [5.41, 5.74) is 1.15. The molecule has 2 aliphatic rings. The number of methoxy groups -OCH3 is 1. The fraction of sp³-hybridized carbons (Fsp3) is 0.650. The zero-order valence-electron chi connectivity index (χ0n) is 15.7. The summed E-state index contributed by atoms with van der Waals surface area (Å²) >= 11 is 0. The molecule has 2 N–H and O–H groups in total. The predicted octanol–water partition coefficient (Wildman–Crippen LogP) is 1.72. The minimum atomic E-state index is 0.0740. The van der Waals surface area contributed by atoms with Gasteiger partial charge >= 0.3 is 0 Å². The predicted molar refractivity (Wildman–Crippen MR) is 101 cm³/mol. The van der Waals surface area contributed by atoms with E-state index in [0.717, 1.165) is 37.6 Å². The normalized spacial score (nSPS) is 22.6. The van der Waals surface area contributed by atoms with Crippen molar-refractivity contribution in [3.8, 4) is 5.75 Å². The smallest absolute Gasteiger partial charge is 0.221 e. The first-order chi connectivity index (χ1) is 12.8. The highest BCUT2D eigenvalue weighted by Crippen LogP contribution is 2.30. The van der Waals surface area contributed by atoms with Crippen molar-refractivity contribution in [2.24, 2.45) is 0 Å². The molecule has 1 aromatic carbocycles. The Balaban J connectivity index is 1.64. The van der Waals surface area contributed by atoms with E-state index in [1.54, 1.807) is 7.11 Å². The van der Waals surface area contributed by atoms with Gasteiger partial charge in [0.05, 0.1) is 26.4 Å². The van der Waals surface area contributed by atoms with Crippen LogP contribution < -0.4 is 15.4 Å². The van der Waals surface area contributed by atoms with Gasteiger partial charge in [-0.3, -0.25) is 9.69 Å². The molecule has 2 unspecified atom stereocenters. The molecule has 0 aliphatic carbocycles. The maximum atomic E-state index is 12.4. The van der Waals surface area contributed by atoms with Gasteiger partial charge < -0.3 is 20.1 Å². The third kappa shape index (κ3) is 5.19. The van der Waals surface area contributed by atoms with E-state index < -0.39 is 0 Å². The molecule has 0 radical (unpaired) electrons. The Morgan fingerprint density at radius 3 is 2.88 bits per heavy atom. The number of likely N-dealkylation sites (tertiary alicyclic amines) is 1. The number of nitrogens with one attached hydrogen (secondary N) is 2. The van der Waals surface area contributed by atoms with E-state index in [4.69, 9.17) is 9.47 Å². The van der Waals surface area contributed by atoms with Crippen LogP contribution in [0.5, 0.6) is 5.75 Å². The standard InChI is InChI=1S/C20H31N3O3/c1-25-19-8-4-3-7-17(19)18(23-10-5-2-6-11-23)14-22-20(24)13-16-15-26-12-9-21-16/h3-4,7-8,16,18,21H,2,5-6,9-15H2,1H3,(H,22,24). The van der Waals surface area contributed by atoms with Crippen molar-refractivity contribution < 1.29 is 14.3 Å². The summed E-state index contributed by atoms with van der Waals surface area (Å²) < 4.78 is 11.0. The Kier molecular flexibility index (Phi) is 7.29. The molecule has 26 heavy (non-hydrogen) atoms. The van der Waals surface area contributed by atoms with Crippen molar-refractivity contribution >= 4 is 5.91 Å².